The van der Waals surface area contributed by atoms with E-state index >= 15 is 0 Å². The van der Waals surface area contributed by atoms with Crippen molar-refractivity contribution in [2.45, 2.75) is 6.61 Å². The van der Waals surface area contributed by atoms with Gasteiger partial charge in [-0.3, -0.25) is 15.3 Å². The van der Waals surface area contributed by atoms with Crippen LogP contribution < -0.4 is 9.22 Å². The Morgan fingerprint density at radius 2 is 1.80 bits per heavy atom. The standard InChI is InChI=1S/C24H24N3O3/c1-26(29)22-16-27(2,20-9-6-14-25-15-20)24(28)23(22)19-10-12-21(13-11-19)30-17-18-7-4-3-5-8-18/h3-15,29H,16-17H2,1-2H3/q+1. The van der Waals surface area contributed by atoms with Gasteiger partial charge >= 0.3 is 5.91 Å². The summed E-state index contributed by atoms with van der Waals surface area (Å²) < 4.78 is 5.87. The van der Waals surface area contributed by atoms with Crippen LogP contribution in [0.2, 0.25) is 0 Å². The lowest BCUT2D eigenvalue weighted by Crippen LogP contribution is -2.48. The maximum Gasteiger partial charge on any atom is 0.353 e. The first-order chi connectivity index (χ1) is 14.5. The lowest BCUT2D eigenvalue weighted by atomic mass is 10.0. The van der Waals surface area contributed by atoms with Gasteiger partial charge in [0.25, 0.3) is 0 Å². The second-order valence-electron chi connectivity index (χ2n) is 7.51. The Balaban J connectivity index is 1.59. The fourth-order valence-electron chi connectivity index (χ4n) is 3.69. The Kier molecular flexibility index (Phi) is 5.35. The predicted octanol–water partition coefficient (Wildman–Crippen LogP) is 3.87. The van der Waals surface area contributed by atoms with E-state index < -0.39 is 0 Å². The van der Waals surface area contributed by atoms with Gasteiger partial charge in [0, 0.05) is 19.3 Å². The van der Waals surface area contributed by atoms with Crippen LogP contribution in [0.15, 0.2) is 84.8 Å². The van der Waals surface area contributed by atoms with Crippen molar-refractivity contribution in [3.05, 3.63) is 95.9 Å². The van der Waals surface area contributed by atoms with E-state index in [-0.39, 0.29) is 10.4 Å². The van der Waals surface area contributed by atoms with Gasteiger partial charge in [-0.25, -0.2) is 9.28 Å². The van der Waals surface area contributed by atoms with Crippen molar-refractivity contribution in [1.29, 1.82) is 0 Å². The summed E-state index contributed by atoms with van der Waals surface area (Å²) in [4.78, 5) is 17.6. The average molecular weight is 402 g/mol. The summed E-state index contributed by atoms with van der Waals surface area (Å²) in [5.41, 5.74) is 3.68. The maximum atomic E-state index is 13.5. The molecule has 6 nitrogen and oxygen atoms in total. The largest absolute Gasteiger partial charge is 0.489 e. The summed E-state index contributed by atoms with van der Waals surface area (Å²) in [7, 11) is 3.38. The van der Waals surface area contributed by atoms with Gasteiger partial charge in [0.1, 0.15) is 30.2 Å². The summed E-state index contributed by atoms with van der Waals surface area (Å²) >= 11 is 0. The normalized spacial score (nSPS) is 18.6. The number of quaternary nitrogens is 1. The number of pyridine rings is 1. The Morgan fingerprint density at radius 3 is 2.43 bits per heavy atom. The maximum absolute atomic E-state index is 13.5. The van der Waals surface area contributed by atoms with Crippen LogP contribution in [0.3, 0.4) is 0 Å². The number of hydroxylamine groups is 2. The smallest absolute Gasteiger partial charge is 0.353 e. The fourth-order valence-corrected chi connectivity index (χ4v) is 3.69. The van der Waals surface area contributed by atoms with Crippen LogP contribution >= 0.6 is 0 Å². The van der Waals surface area contributed by atoms with Crippen LogP contribution in [-0.2, 0) is 11.4 Å². The molecule has 0 spiro atoms. The first kappa shape index (κ1) is 19.8. The van der Waals surface area contributed by atoms with Crippen LogP contribution in [0.5, 0.6) is 5.75 Å². The second kappa shape index (κ2) is 8.10. The number of ether oxygens (including phenoxy) is 1. The zero-order valence-corrected chi connectivity index (χ0v) is 17.0. The fraction of sp³-hybridized carbons (Fsp3) is 0.167. The van der Waals surface area contributed by atoms with E-state index in [4.69, 9.17) is 4.74 Å². The van der Waals surface area contributed by atoms with E-state index in [1.807, 2.05) is 73.8 Å². The molecule has 4 rings (SSSR count). The quantitative estimate of drug-likeness (QED) is 0.501. The molecule has 0 fully saturated rings. The topological polar surface area (TPSA) is 62.7 Å². The number of rotatable bonds is 6. The molecular weight excluding hydrogens is 378 g/mol. The number of aromatic nitrogens is 1. The minimum absolute atomic E-state index is 0.0235. The predicted molar refractivity (Wildman–Crippen MR) is 116 cm³/mol. The van der Waals surface area contributed by atoms with Crippen LogP contribution in [-0.4, -0.2) is 41.8 Å². The number of carbonyl (C=O) groups excluding carboxylic acids is 1. The Hall–Kier alpha value is -3.48. The molecule has 1 aliphatic heterocycles. The lowest BCUT2D eigenvalue weighted by Gasteiger charge is -2.26. The molecule has 0 saturated carbocycles. The molecule has 1 atom stereocenters. The Bertz CT molecular complexity index is 1060. The average Bonchev–Trinajstić information content (AvgIpc) is 3.06. The van der Waals surface area contributed by atoms with Crippen molar-refractivity contribution in [2.24, 2.45) is 0 Å². The first-order valence-electron chi connectivity index (χ1n) is 9.73. The third kappa shape index (κ3) is 3.70. The van der Waals surface area contributed by atoms with E-state index in [1.54, 1.807) is 19.4 Å². The molecule has 0 bridgehead atoms. The summed E-state index contributed by atoms with van der Waals surface area (Å²) in [6.07, 6.45) is 3.37. The summed E-state index contributed by atoms with van der Waals surface area (Å²) in [5.74, 6) is 0.633. The highest BCUT2D eigenvalue weighted by atomic mass is 16.5. The van der Waals surface area contributed by atoms with Gasteiger partial charge in [0.15, 0.2) is 5.69 Å². The number of hydrogen-bond acceptors (Lipinski definition) is 5. The summed E-state index contributed by atoms with van der Waals surface area (Å²) in [5, 5.41) is 11.3. The molecule has 1 aliphatic rings. The highest BCUT2D eigenvalue weighted by Gasteiger charge is 2.47. The molecule has 1 aromatic heterocycles. The zero-order valence-electron chi connectivity index (χ0n) is 17.0. The number of nitrogens with zero attached hydrogens (tertiary/aromatic N) is 3. The molecule has 6 heteroatoms. The van der Waals surface area contributed by atoms with E-state index in [0.717, 1.165) is 27.6 Å². The number of likely N-dealkylation sites (N-methyl/N-ethyl adjacent to an activating group) is 2. The van der Waals surface area contributed by atoms with Gasteiger partial charge in [-0.1, -0.05) is 42.5 Å². The molecule has 2 aromatic carbocycles. The van der Waals surface area contributed by atoms with Gasteiger partial charge in [-0.05, 0) is 29.3 Å². The lowest BCUT2D eigenvalue weighted by molar-refractivity contribution is -0.122. The number of carbonyl (C=O) groups is 1. The SMILES string of the molecule is CN(O)C1=C(c2ccc(OCc3ccccc3)cc2)C(=O)[N+](C)(c2cccnc2)C1. The van der Waals surface area contributed by atoms with Crippen LogP contribution in [0, 0.1) is 0 Å². The van der Waals surface area contributed by atoms with Crippen molar-refractivity contribution >= 4 is 17.2 Å². The minimum atomic E-state index is -0.0862. The first-order valence-corrected chi connectivity index (χ1v) is 9.73. The monoisotopic (exact) mass is 402 g/mol. The molecule has 2 heterocycles. The number of amides is 1. The van der Waals surface area contributed by atoms with Crippen LogP contribution in [0.25, 0.3) is 5.57 Å². The minimum Gasteiger partial charge on any atom is -0.489 e. The zero-order chi connectivity index (χ0) is 21.1. The molecule has 0 aliphatic carbocycles. The van der Waals surface area contributed by atoms with Gasteiger partial charge in [0.2, 0.25) is 0 Å². The summed E-state index contributed by atoms with van der Waals surface area (Å²) in [6.45, 7) is 0.821. The molecule has 30 heavy (non-hydrogen) atoms. The van der Waals surface area contributed by atoms with Crippen molar-refractivity contribution in [3.63, 3.8) is 0 Å². The molecule has 152 valence electrons. The number of hydrogen-bond donors (Lipinski definition) is 1. The van der Waals surface area contributed by atoms with Crippen molar-refractivity contribution in [3.8, 4) is 5.75 Å². The molecule has 1 amide bonds. The van der Waals surface area contributed by atoms with Crippen molar-refractivity contribution < 1.29 is 14.7 Å². The van der Waals surface area contributed by atoms with Crippen LogP contribution in [0.1, 0.15) is 11.1 Å². The second-order valence-corrected chi connectivity index (χ2v) is 7.51. The molecule has 1 N–H and O–H groups in total. The third-order valence-corrected chi connectivity index (χ3v) is 5.41. The van der Waals surface area contributed by atoms with Gasteiger partial charge in [-0.15, -0.1) is 0 Å². The van der Waals surface area contributed by atoms with Gasteiger partial charge in [-0.2, -0.15) is 0 Å². The van der Waals surface area contributed by atoms with Crippen LogP contribution in [0.4, 0.5) is 5.69 Å². The van der Waals surface area contributed by atoms with Gasteiger partial charge in [0.05, 0.1) is 13.2 Å². The Morgan fingerprint density at radius 1 is 1.07 bits per heavy atom. The molecular formula is C24H24N3O3+. The van der Waals surface area contributed by atoms with Gasteiger partial charge < -0.3 is 4.74 Å². The third-order valence-electron chi connectivity index (χ3n) is 5.41. The summed E-state index contributed by atoms with van der Waals surface area (Å²) in [6, 6.07) is 21.0. The van der Waals surface area contributed by atoms with E-state index in [2.05, 4.69) is 4.98 Å². The molecule has 1 unspecified atom stereocenters. The van der Waals surface area contributed by atoms with Crippen molar-refractivity contribution in [2.75, 3.05) is 20.6 Å². The van der Waals surface area contributed by atoms with E-state index in [0.29, 0.717) is 24.4 Å². The highest BCUT2D eigenvalue weighted by molar-refractivity contribution is 6.26. The molecule has 0 saturated heterocycles. The van der Waals surface area contributed by atoms with E-state index in [9.17, 15) is 10.0 Å². The van der Waals surface area contributed by atoms with Crippen molar-refractivity contribution in [1.82, 2.24) is 14.5 Å². The highest BCUT2D eigenvalue weighted by Crippen LogP contribution is 2.37. The van der Waals surface area contributed by atoms with E-state index in [1.165, 1.54) is 0 Å². The Labute approximate surface area is 175 Å². The molecule has 3 aromatic rings. The number of benzene rings is 2. The molecule has 0 radical (unpaired) electrons.